The first kappa shape index (κ1) is 65.9. The highest BCUT2D eigenvalue weighted by Gasteiger charge is 2.80. The summed E-state index contributed by atoms with van der Waals surface area (Å²) in [6.07, 6.45) is -38.4. The van der Waals surface area contributed by atoms with E-state index in [2.05, 4.69) is 48.5 Å². The molecular weight excluding hydrogens is 1140 g/mol. The Morgan fingerprint density at radius 1 is 0.512 bits per heavy atom. The first-order chi connectivity index (χ1) is 40.3. The van der Waals surface area contributed by atoms with E-state index in [1.807, 2.05) is 0 Å². The van der Waals surface area contributed by atoms with E-state index in [1.165, 1.54) is 6.92 Å². The van der Waals surface area contributed by atoms with Gasteiger partial charge in [0, 0.05) is 10.8 Å². The maximum Gasteiger partial charge on any atom is 0.335 e. The third-order valence-corrected chi connectivity index (χ3v) is 24.3. The van der Waals surface area contributed by atoms with Crippen LogP contribution in [-0.4, -0.2) is 274 Å². The summed E-state index contributed by atoms with van der Waals surface area (Å²) in [4.78, 5) is 13.3. The smallest absolute Gasteiger partial charge is 0.335 e. The molecule has 2 bridgehead atoms. The van der Waals surface area contributed by atoms with Gasteiger partial charge in [0.1, 0.15) is 104 Å². The molecule has 27 nitrogen and oxygen atoms in total. The number of aliphatic hydroxyl groups excluding tert-OH is 14. The number of aliphatic carboxylic acids is 1. The molecule has 0 radical (unpaired) electrons. The molecule has 34 atom stereocenters. The number of rotatable bonds is 13. The lowest BCUT2D eigenvalue weighted by Gasteiger charge is -2.75. The Morgan fingerprint density at radius 2 is 1.10 bits per heavy atom. The average Bonchev–Trinajstić information content (AvgIpc) is 1.30. The summed E-state index contributed by atoms with van der Waals surface area (Å²) in [7, 11) is 0. The van der Waals surface area contributed by atoms with E-state index in [1.54, 1.807) is 0 Å². The summed E-state index contributed by atoms with van der Waals surface area (Å²) < 4.78 is 68.3. The summed E-state index contributed by atoms with van der Waals surface area (Å²) >= 11 is 0. The standard InChI is InChI=1S/C59H96O27/c1-23-32(64)35(67)39(71)49(78-23)85-45-36(68)34(66)25(19-60)79-51(45)83-43-41(73)44(47(74)75)84-52(46(43)86-50-40(72)37(69)42(26(20-61)80-50)82-48-38(70)33(65)24(62)21-76-48)81-31-11-12-55(6)27(54(31,4)5)9-13-56(7)28(55)10-14-59-29-17-53(2,3)15-16-58(29,22-77-59)30(63)18-57(56,59)8/h23-46,48-52,60-73H,9-22H2,1-8H3,(H,74,75)/t23-,24+,25+,26+,27-,28+,29+,30+,31-,32-,33-,34-,35+,36-,37+,38+,39+,40-,41-,42+,43-,44-,45+,46+,48-,49-,50?,51-,52+,55-,56+,57-,58+,59-/m0/s1. The minimum Gasteiger partial charge on any atom is -0.479 e. The monoisotopic (exact) mass is 1240 g/mol. The van der Waals surface area contributed by atoms with Crippen molar-refractivity contribution < 1.29 is 133 Å². The van der Waals surface area contributed by atoms with E-state index in [9.17, 15) is 81.4 Å². The first-order valence-corrected chi connectivity index (χ1v) is 31.0. The van der Waals surface area contributed by atoms with Gasteiger partial charge in [-0.15, -0.1) is 0 Å². The fourth-order valence-electron chi connectivity index (χ4n) is 19.1. The maximum absolute atomic E-state index is 13.3. The molecule has 15 N–H and O–H groups in total. The van der Waals surface area contributed by atoms with Crippen molar-refractivity contribution in [2.75, 3.05) is 26.4 Å². The van der Waals surface area contributed by atoms with Crippen LogP contribution >= 0.6 is 0 Å². The third-order valence-electron chi connectivity index (χ3n) is 24.3. The molecule has 11 fully saturated rings. The van der Waals surface area contributed by atoms with Gasteiger partial charge < -0.3 is 129 Å². The van der Waals surface area contributed by atoms with Gasteiger partial charge in [0.05, 0.1) is 50.3 Å². The summed E-state index contributed by atoms with van der Waals surface area (Å²) in [6, 6.07) is 0. The molecular formula is C59H96O27. The lowest BCUT2D eigenvalue weighted by Crippen LogP contribution is -2.74. The molecule has 0 aromatic heterocycles. The Kier molecular flexibility index (Phi) is 18.0. The third kappa shape index (κ3) is 10.2. The van der Waals surface area contributed by atoms with Gasteiger partial charge in [0.2, 0.25) is 0 Å². The largest absolute Gasteiger partial charge is 0.479 e. The predicted octanol–water partition coefficient (Wildman–Crippen LogP) is -2.77. The van der Waals surface area contributed by atoms with Crippen LogP contribution in [0.1, 0.15) is 120 Å². The lowest BCUT2D eigenvalue weighted by molar-refractivity contribution is -0.409. The molecule has 6 heterocycles. The van der Waals surface area contributed by atoms with Crippen molar-refractivity contribution >= 4 is 5.97 Å². The van der Waals surface area contributed by atoms with Crippen LogP contribution in [0.15, 0.2) is 0 Å². The van der Waals surface area contributed by atoms with Gasteiger partial charge in [0.25, 0.3) is 0 Å². The van der Waals surface area contributed by atoms with Crippen LogP contribution in [0.3, 0.4) is 0 Å². The number of aliphatic hydroxyl groups is 14. The Labute approximate surface area is 499 Å². The molecule has 0 aromatic rings. The molecule has 5 aliphatic carbocycles. The van der Waals surface area contributed by atoms with Crippen LogP contribution in [0.5, 0.6) is 0 Å². The summed E-state index contributed by atoms with van der Waals surface area (Å²) in [6.45, 7) is 15.5. The topological polar surface area (TPSA) is 422 Å². The molecule has 86 heavy (non-hydrogen) atoms. The van der Waals surface area contributed by atoms with Crippen molar-refractivity contribution in [3.63, 3.8) is 0 Å². The zero-order valence-electron chi connectivity index (χ0n) is 50.2. The second-order valence-corrected chi connectivity index (χ2v) is 29.5. The SMILES string of the molecule is C[C@@H]1O[C@@H](O[C@H]2[C@H](O[C@H]3[C@H](O)[C@@H](C(=O)O)O[C@@H](O[C@H]4CC[C@]5(C)[C@H]6CC[C@]78OC[C@@]9(CCC(C)(C)C[C@H]97)[C@H](O)C[C@@]8(C)[C@]6(C)CC[C@H]5C4(C)C)[C@@H]3OC3O[C@H](CO)[C@@H](O[C@@H]4OC[C@@H](O)[C@H](O)[C@H]4O)[C@H](O)[C@@H]3O)O[C@H](CO)[C@H](O)[C@@H]2O)[C@H](O)[C@H](O)[C@H]1O. The van der Waals surface area contributed by atoms with Crippen LogP contribution < -0.4 is 0 Å². The van der Waals surface area contributed by atoms with Crippen LogP contribution in [-0.2, 0) is 56.9 Å². The van der Waals surface area contributed by atoms with Crippen molar-refractivity contribution in [3.8, 4) is 0 Å². The van der Waals surface area contributed by atoms with E-state index in [-0.39, 0.29) is 44.8 Å². The van der Waals surface area contributed by atoms with E-state index < -0.39 is 196 Å². The van der Waals surface area contributed by atoms with Gasteiger partial charge in [-0.3, -0.25) is 0 Å². The summed E-state index contributed by atoms with van der Waals surface area (Å²) in [5.74, 6) is -1.34. The Balaban J connectivity index is 0.915. The summed E-state index contributed by atoms with van der Waals surface area (Å²) in [5.41, 5.74) is -2.22. The number of hydrogen-bond donors (Lipinski definition) is 15. The zero-order valence-corrected chi connectivity index (χ0v) is 50.2. The molecule has 6 aliphatic heterocycles. The van der Waals surface area contributed by atoms with Crippen LogP contribution in [0.25, 0.3) is 0 Å². The first-order valence-electron chi connectivity index (χ1n) is 31.0. The molecule has 11 rings (SSSR count). The molecule has 0 aromatic carbocycles. The highest BCUT2D eigenvalue weighted by Crippen LogP contribution is 2.80. The van der Waals surface area contributed by atoms with E-state index >= 15 is 0 Å². The Bertz CT molecular complexity index is 2410. The molecule has 5 saturated carbocycles. The van der Waals surface area contributed by atoms with Gasteiger partial charge >= 0.3 is 5.97 Å². The van der Waals surface area contributed by atoms with Crippen molar-refractivity contribution in [2.24, 2.45) is 50.2 Å². The average molecular weight is 1240 g/mol. The van der Waals surface area contributed by atoms with Crippen molar-refractivity contribution in [1.82, 2.24) is 0 Å². The van der Waals surface area contributed by atoms with Crippen LogP contribution in [0.2, 0.25) is 0 Å². The fourth-order valence-corrected chi connectivity index (χ4v) is 19.1. The van der Waals surface area contributed by atoms with E-state index in [4.69, 9.17) is 52.1 Å². The molecule has 494 valence electrons. The van der Waals surface area contributed by atoms with E-state index in [0.717, 1.165) is 44.9 Å². The Hall–Kier alpha value is -1.53. The number of carbonyl (C=O) groups is 1. The summed E-state index contributed by atoms with van der Waals surface area (Å²) in [5, 5.41) is 166. The van der Waals surface area contributed by atoms with Crippen LogP contribution in [0.4, 0.5) is 0 Å². The highest BCUT2D eigenvalue weighted by atomic mass is 16.8. The van der Waals surface area contributed by atoms with Gasteiger partial charge in [-0.2, -0.15) is 0 Å². The molecule has 1 unspecified atom stereocenters. The molecule has 27 heteroatoms. The number of ether oxygens (including phenoxy) is 11. The van der Waals surface area contributed by atoms with Crippen molar-refractivity contribution in [2.45, 2.75) is 285 Å². The molecule has 1 spiro atoms. The Morgan fingerprint density at radius 3 is 1.79 bits per heavy atom. The van der Waals surface area contributed by atoms with Crippen molar-refractivity contribution in [1.29, 1.82) is 0 Å². The highest BCUT2D eigenvalue weighted by molar-refractivity contribution is 5.73. The number of carboxylic acids is 1. The minimum atomic E-state index is -2.30. The van der Waals surface area contributed by atoms with Gasteiger partial charge in [-0.05, 0) is 111 Å². The van der Waals surface area contributed by atoms with Crippen molar-refractivity contribution in [3.05, 3.63) is 0 Å². The molecule has 6 saturated heterocycles. The van der Waals surface area contributed by atoms with Gasteiger partial charge in [-0.25, -0.2) is 4.79 Å². The van der Waals surface area contributed by atoms with Gasteiger partial charge in [0.15, 0.2) is 37.6 Å². The second-order valence-electron chi connectivity index (χ2n) is 29.5. The quantitative estimate of drug-likeness (QED) is 0.0830. The lowest BCUT2D eigenvalue weighted by atomic mass is 9.30. The maximum atomic E-state index is 13.3. The number of carboxylic acid groups (broad SMARTS) is 1. The van der Waals surface area contributed by atoms with Crippen LogP contribution in [0, 0.1) is 50.2 Å². The number of hydrogen-bond acceptors (Lipinski definition) is 26. The zero-order chi connectivity index (χ0) is 62.5. The predicted molar refractivity (Wildman–Crippen MR) is 288 cm³/mol. The number of fused-ring (bicyclic) bond motifs is 4. The minimum absolute atomic E-state index is 0.0282. The molecule has 0 amide bonds. The molecule has 11 aliphatic rings. The fraction of sp³-hybridized carbons (Fsp3) is 0.983. The van der Waals surface area contributed by atoms with E-state index in [0.29, 0.717) is 25.9 Å². The van der Waals surface area contributed by atoms with Gasteiger partial charge in [-0.1, -0.05) is 48.5 Å². The second kappa shape index (κ2) is 23.5. The normalized spacial score (nSPS) is 56.8.